The van der Waals surface area contributed by atoms with Gasteiger partial charge in [-0.05, 0) is 43.3 Å². The summed E-state index contributed by atoms with van der Waals surface area (Å²) < 4.78 is 0. The van der Waals surface area contributed by atoms with Crippen molar-refractivity contribution < 1.29 is 9.90 Å². The highest BCUT2D eigenvalue weighted by Crippen LogP contribution is 2.27. The van der Waals surface area contributed by atoms with E-state index in [-0.39, 0.29) is 18.0 Å². The van der Waals surface area contributed by atoms with Crippen molar-refractivity contribution in [3.05, 3.63) is 65.9 Å². The minimum atomic E-state index is -0.942. The highest BCUT2D eigenvalue weighted by Gasteiger charge is 2.09. The number of para-hydroxylation sites is 1. The van der Waals surface area contributed by atoms with E-state index in [0.717, 1.165) is 28.0 Å². The van der Waals surface area contributed by atoms with Crippen LogP contribution in [0.5, 0.6) is 0 Å². The molecule has 4 nitrogen and oxygen atoms in total. The summed E-state index contributed by atoms with van der Waals surface area (Å²) in [6, 6.07) is 16.6. The first kappa shape index (κ1) is 15.8. The predicted octanol–water partition coefficient (Wildman–Crippen LogP) is 4.41. The Hall–Kier alpha value is -2.59. The van der Waals surface area contributed by atoms with E-state index < -0.39 is 5.97 Å². The lowest BCUT2D eigenvalue weighted by Crippen LogP contribution is -1.99. The molecule has 22 heavy (non-hydrogen) atoms. The molecule has 0 saturated carbocycles. The minimum Gasteiger partial charge on any atom is -0.478 e. The van der Waals surface area contributed by atoms with Gasteiger partial charge in [0.1, 0.15) is 0 Å². The number of aromatic carboxylic acids is 1. The maximum atomic E-state index is 11.1. The molecular formula is C17H15ClN2O2. The van der Waals surface area contributed by atoms with E-state index >= 15 is 0 Å². The van der Waals surface area contributed by atoms with Crippen LogP contribution < -0.4 is 5.32 Å². The van der Waals surface area contributed by atoms with Crippen molar-refractivity contribution in [1.29, 1.82) is 0 Å². The molecule has 0 aliphatic carbocycles. The van der Waals surface area contributed by atoms with E-state index in [1.165, 1.54) is 0 Å². The average Bonchev–Trinajstić information content (AvgIpc) is 2.47. The topological polar surface area (TPSA) is 62.2 Å². The van der Waals surface area contributed by atoms with Crippen LogP contribution in [-0.4, -0.2) is 16.1 Å². The third-order valence-electron chi connectivity index (χ3n) is 3.24. The monoisotopic (exact) mass is 314 g/mol. The fourth-order valence-electron chi connectivity index (χ4n) is 2.27. The number of fused-ring (bicyclic) bond motifs is 1. The van der Waals surface area contributed by atoms with Gasteiger partial charge in [-0.15, -0.1) is 12.4 Å². The van der Waals surface area contributed by atoms with Crippen LogP contribution in [0.3, 0.4) is 0 Å². The zero-order valence-corrected chi connectivity index (χ0v) is 12.7. The first-order chi connectivity index (χ1) is 10.1. The van der Waals surface area contributed by atoms with Crippen LogP contribution in [0.1, 0.15) is 16.1 Å². The van der Waals surface area contributed by atoms with Crippen LogP contribution in [-0.2, 0) is 0 Å². The van der Waals surface area contributed by atoms with Crippen LogP contribution in [0.15, 0.2) is 54.6 Å². The molecule has 5 heteroatoms. The number of carbonyl (C=O) groups is 1. The smallest absolute Gasteiger partial charge is 0.335 e. The molecule has 0 spiro atoms. The second-order valence-electron chi connectivity index (χ2n) is 4.84. The third-order valence-corrected chi connectivity index (χ3v) is 3.24. The molecule has 1 heterocycles. The maximum absolute atomic E-state index is 11.1. The molecular weight excluding hydrogens is 300 g/mol. The van der Waals surface area contributed by atoms with Crippen LogP contribution in [0.25, 0.3) is 10.9 Å². The fourth-order valence-corrected chi connectivity index (χ4v) is 2.27. The molecule has 3 rings (SSSR count). The SMILES string of the molecule is Cc1cc(Nc2ccccc2)c2cc(C(=O)O)ccc2n1.Cl. The van der Waals surface area contributed by atoms with Crippen molar-refractivity contribution in [3.8, 4) is 0 Å². The lowest BCUT2D eigenvalue weighted by atomic mass is 10.1. The van der Waals surface area contributed by atoms with E-state index in [4.69, 9.17) is 5.11 Å². The summed E-state index contributed by atoms with van der Waals surface area (Å²) in [5.74, 6) is -0.942. The van der Waals surface area contributed by atoms with Gasteiger partial charge in [0, 0.05) is 22.5 Å². The van der Waals surface area contributed by atoms with Crippen LogP contribution >= 0.6 is 12.4 Å². The Balaban J connectivity index is 0.00000176. The van der Waals surface area contributed by atoms with Gasteiger partial charge in [0.15, 0.2) is 0 Å². The van der Waals surface area contributed by atoms with E-state index in [1.54, 1.807) is 18.2 Å². The number of carboxylic acids is 1. The zero-order chi connectivity index (χ0) is 14.8. The molecule has 0 saturated heterocycles. The number of nitrogens with zero attached hydrogens (tertiary/aromatic N) is 1. The number of hydrogen-bond acceptors (Lipinski definition) is 3. The van der Waals surface area contributed by atoms with Crippen molar-refractivity contribution in [1.82, 2.24) is 4.98 Å². The minimum absolute atomic E-state index is 0. The number of pyridine rings is 1. The Morgan fingerprint density at radius 1 is 1.09 bits per heavy atom. The lowest BCUT2D eigenvalue weighted by Gasteiger charge is -2.11. The van der Waals surface area contributed by atoms with Gasteiger partial charge in [-0.2, -0.15) is 0 Å². The van der Waals surface area contributed by atoms with Gasteiger partial charge < -0.3 is 10.4 Å². The number of rotatable bonds is 3. The van der Waals surface area contributed by atoms with Crippen molar-refractivity contribution >= 4 is 40.7 Å². The van der Waals surface area contributed by atoms with E-state index in [9.17, 15) is 4.79 Å². The number of anilines is 2. The Morgan fingerprint density at radius 2 is 1.82 bits per heavy atom. The molecule has 0 amide bonds. The summed E-state index contributed by atoms with van der Waals surface area (Å²) in [4.78, 5) is 15.6. The molecule has 2 aromatic carbocycles. The Kier molecular flexibility index (Phi) is 4.63. The number of aryl methyl sites for hydroxylation is 1. The highest BCUT2D eigenvalue weighted by molar-refractivity contribution is 5.99. The number of hydrogen-bond donors (Lipinski definition) is 2. The molecule has 0 aliphatic heterocycles. The summed E-state index contributed by atoms with van der Waals surface area (Å²) >= 11 is 0. The van der Waals surface area contributed by atoms with Gasteiger partial charge in [0.25, 0.3) is 0 Å². The average molecular weight is 315 g/mol. The van der Waals surface area contributed by atoms with Crippen LogP contribution in [0, 0.1) is 6.92 Å². The number of halogens is 1. The Labute approximate surface area is 134 Å². The maximum Gasteiger partial charge on any atom is 0.335 e. The van der Waals surface area contributed by atoms with Crippen molar-refractivity contribution in [2.45, 2.75) is 6.92 Å². The summed E-state index contributed by atoms with van der Waals surface area (Å²) in [6.45, 7) is 1.92. The van der Waals surface area contributed by atoms with Crippen LogP contribution in [0.4, 0.5) is 11.4 Å². The van der Waals surface area contributed by atoms with Gasteiger partial charge >= 0.3 is 5.97 Å². The van der Waals surface area contributed by atoms with Gasteiger partial charge in [-0.1, -0.05) is 18.2 Å². The van der Waals surface area contributed by atoms with Crippen molar-refractivity contribution in [3.63, 3.8) is 0 Å². The molecule has 0 aliphatic rings. The summed E-state index contributed by atoms with van der Waals surface area (Å²) in [6.07, 6.45) is 0. The van der Waals surface area contributed by atoms with Crippen molar-refractivity contribution in [2.75, 3.05) is 5.32 Å². The largest absolute Gasteiger partial charge is 0.478 e. The number of aromatic nitrogens is 1. The molecule has 0 bridgehead atoms. The second-order valence-corrected chi connectivity index (χ2v) is 4.84. The highest BCUT2D eigenvalue weighted by atomic mass is 35.5. The van der Waals surface area contributed by atoms with Gasteiger partial charge in [-0.3, -0.25) is 4.98 Å². The summed E-state index contributed by atoms with van der Waals surface area (Å²) in [5, 5.41) is 13.3. The Morgan fingerprint density at radius 3 is 2.50 bits per heavy atom. The molecule has 0 radical (unpaired) electrons. The molecule has 3 aromatic rings. The van der Waals surface area contributed by atoms with Crippen molar-refractivity contribution in [2.24, 2.45) is 0 Å². The lowest BCUT2D eigenvalue weighted by molar-refractivity contribution is 0.0697. The van der Waals surface area contributed by atoms with E-state index in [1.807, 2.05) is 43.3 Å². The summed E-state index contributed by atoms with van der Waals surface area (Å²) in [5.41, 5.74) is 3.71. The van der Waals surface area contributed by atoms with Gasteiger partial charge in [0.2, 0.25) is 0 Å². The third kappa shape index (κ3) is 3.18. The normalized spacial score (nSPS) is 10.0. The zero-order valence-electron chi connectivity index (χ0n) is 11.9. The summed E-state index contributed by atoms with van der Waals surface area (Å²) in [7, 11) is 0. The van der Waals surface area contributed by atoms with Crippen LogP contribution in [0.2, 0.25) is 0 Å². The number of carboxylic acid groups (broad SMARTS) is 1. The molecule has 0 fully saturated rings. The Bertz CT molecular complexity index is 820. The van der Waals surface area contributed by atoms with E-state index in [0.29, 0.717) is 0 Å². The molecule has 1 aromatic heterocycles. The number of nitrogens with one attached hydrogen (secondary N) is 1. The predicted molar refractivity (Wildman–Crippen MR) is 90.4 cm³/mol. The second kappa shape index (κ2) is 6.45. The molecule has 2 N–H and O–H groups in total. The number of benzene rings is 2. The standard InChI is InChI=1S/C17H14N2O2.ClH/c1-11-9-16(19-13-5-3-2-4-6-13)14-10-12(17(20)21)7-8-15(14)18-11;/h2-10H,1H3,(H,18,19)(H,20,21);1H. The first-order valence-corrected chi connectivity index (χ1v) is 6.60. The molecule has 112 valence electrons. The molecule has 0 unspecified atom stereocenters. The van der Waals surface area contributed by atoms with Gasteiger partial charge in [0.05, 0.1) is 11.1 Å². The molecule has 0 atom stereocenters. The fraction of sp³-hybridized carbons (Fsp3) is 0.0588. The van der Waals surface area contributed by atoms with Gasteiger partial charge in [-0.25, -0.2) is 4.79 Å². The first-order valence-electron chi connectivity index (χ1n) is 6.60. The van der Waals surface area contributed by atoms with E-state index in [2.05, 4.69) is 10.3 Å². The quantitative estimate of drug-likeness (QED) is 0.752.